The maximum atomic E-state index is 12.1. The lowest BCUT2D eigenvalue weighted by atomic mass is 10.2. The molecule has 0 saturated heterocycles. The number of fused-ring (bicyclic) bond motifs is 1. The summed E-state index contributed by atoms with van der Waals surface area (Å²) in [4.78, 5) is 12.3. The molecule has 25 heavy (non-hydrogen) atoms. The van der Waals surface area contributed by atoms with E-state index in [0.29, 0.717) is 11.1 Å². The Kier molecular flexibility index (Phi) is 4.30. The van der Waals surface area contributed by atoms with Crippen molar-refractivity contribution in [3.8, 4) is 6.07 Å². The van der Waals surface area contributed by atoms with Gasteiger partial charge in [-0.25, -0.2) is 13.2 Å². The minimum Gasteiger partial charge on any atom is -0.457 e. The fraction of sp³-hybridized carbons (Fsp3) is 0.111. The molecule has 0 aliphatic heterocycles. The van der Waals surface area contributed by atoms with E-state index in [9.17, 15) is 18.5 Å². The molecule has 0 amide bonds. The zero-order chi connectivity index (χ0) is 18.0. The van der Waals surface area contributed by atoms with Crippen molar-refractivity contribution in [3.63, 3.8) is 0 Å². The van der Waals surface area contributed by atoms with Crippen LogP contribution < -0.4 is 0 Å². The molecular weight excluding hydrogens is 340 g/mol. The van der Waals surface area contributed by atoms with Gasteiger partial charge >= 0.3 is 5.97 Å². The summed E-state index contributed by atoms with van der Waals surface area (Å²) in [6.07, 6.45) is 4.65. The number of hydrogen-bond donors (Lipinski definition) is 0. The SMILES string of the molecule is CS(=O)(=O)c1ccc(C(=O)OCc2cn3ccccc3c2C#N)cc1. The second kappa shape index (κ2) is 6.42. The largest absolute Gasteiger partial charge is 0.457 e. The van der Waals surface area contributed by atoms with Gasteiger partial charge in [0.05, 0.1) is 21.5 Å². The highest BCUT2D eigenvalue weighted by molar-refractivity contribution is 7.90. The van der Waals surface area contributed by atoms with Gasteiger partial charge in [0.2, 0.25) is 0 Å². The van der Waals surface area contributed by atoms with E-state index in [1.807, 2.05) is 24.4 Å². The molecule has 0 N–H and O–H groups in total. The molecular formula is C18H14N2O4S. The molecule has 0 aliphatic rings. The molecule has 0 saturated carbocycles. The van der Waals surface area contributed by atoms with Gasteiger partial charge in [0, 0.05) is 24.2 Å². The summed E-state index contributed by atoms with van der Waals surface area (Å²) >= 11 is 0. The molecule has 2 heterocycles. The van der Waals surface area contributed by atoms with E-state index >= 15 is 0 Å². The summed E-state index contributed by atoms with van der Waals surface area (Å²) < 4.78 is 29.9. The Balaban J connectivity index is 1.78. The molecule has 2 aromatic heterocycles. The molecule has 0 radical (unpaired) electrons. The predicted molar refractivity (Wildman–Crippen MR) is 90.8 cm³/mol. The molecule has 0 bridgehead atoms. The Labute approximate surface area is 144 Å². The maximum absolute atomic E-state index is 12.1. The molecule has 126 valence electrons. The third-order valence-corrected chi connectivity index (χ3v) is 4.88. The summed E-state index contributed by atoms with van der Waals surface area (Å²) in [7, 11) is -3.32. The van der Waals surface area contributed by atoms with Gasteiger partial charge in [0.15, 0.2) is 9.84 Å². The van der Waals surface area contributed by atoms with Crippen LogP contribution in [0.5, 0.6) is 0 Å². The molecule has 0 fully saturated rings. The molecule has 3 aromatic rings. The average Bonchev–Trinajstić information content (AvgIpc) is 2.96. The zero-order valence-corrected chi connectivity index (χ0v) is 14.2. The summed E-state index contributed by atoms with van der Waals surface area (Å²) in [5.41, 5.74) is 2.05. The van der Waals surface area contributed by atoms with Crippen LogP contribution in [-0.4, -0.2) is 25.0 Å². The number of nitrogens with zero attached hydrogens (tertiary/aromatic N) is 2. The second-order valence-corrected chi connectivity index (χ2v) is 7.52. The molecule has 0 unspecified atom stereocenters. The zero-order valence-electron chi connectivity index (χ0n) is 13.3. The quantitative estimate of drug-likeness (QED) is 0.672. The molecule has 0 spiro atoms. The minimum atomic E-state index is -3.32. The van der Waals surface area contributed by atoms with Crippen LogP contribution in [0.3, 0.4) is 0 Å². The maximum Gasteiger partial charge on any atom is 0.338 e. The number of carbonyl (C=O) groups excluding carboxylic acids is 1. The number of nitriles is 1. The summed E-state index contributed by atoms with van der Waals surface area (Å²) in [5.74, 6) is -0.584. The first-order valence-electron chi connectivity index (χ1n) is 7.36. The van der Waals surface area contributed by atoms with E-state index in [1.165, 1.54) is 24.3 Å². The molecule has 6 nitrogen and oxygen atoms in total. The highest BCUT2D eigenvalue weighted by Gasteiger charge is 2.14. The van der Waals surface area contributed by atoms with Crippen LogP contribution in [0.4, 0.5) is 0 Å². The lowest BCUT2D eigenvalue weighted by Crippen LogP contribution is -2.06. The van der Waals surface area contributed by atoms with Crippen molar-refractivity contribution in [2.45, 2.75) is 11.5 Å². The van der Waals surface area contributed by atoms with Crippen LogP contribution in [0.1, 0.15) is 21.5 Å². The average molecular weight is 354 g/mol. The third kappa shape index (κ3) is 3.39. The van der Waals surface area contributed by atoms with Crippen molar-refractivity contribution in [1.82, 2.24) is 4.40 Å². The van der Waals surface area contributed by atoms with Gasteiger partial charge in [-0.2, -0.15) is 5.26 Å². The smallest absolute Gasteiger partial charge is 0.338 e. The number of esters is 1. The number of sulfone groups is 1. The number of rotatable bonds is 4. The fourth-order valence-electron chi connectivity index (χ4n) is 2.48. The number of aromatic nitrogens is 1. The van der Waals surface area contributed by atoms with E-state index in [1.54, 1.807) is 10.6 Å². The fourth-order valence-corrected chi connectivity index (χ4v) is 3.11. The normalized spacial score (nSPS) is 11.2. The van der Waals surface area contributed by atoms with Crippen molar-refractivity contribution >= 4 is 21.3 Å². The van der Waals surface area contributed by atoms with E-state index < -0.39 is 15.8 Å². The predicted octanol–water partition coefficient (Wildman–Crippen LogP) is 2.57. The van der Waals surface area contributed by atoms with E-state index in [4.69, 9.17) is 4.74 Å². The number of ether oxygens (including phenoxy) is 1. The van der Waals surface area contributed by atoms with Gasteiger partial charge in [-0.1, -0.05) is 6.07 Å². The van der Waals surface area contributed by atoms with Crippen LogP contribution in [0.15, 0.2) is 59.8 Å². The summed E-state index contributed by atoms with van der Waals surface area (Å²) in [6, 6.07) is 13.1. The second-order valence-electron chi connectivity index (χ2n) is 5.51. The Morgan fingerprint density at radius 1 is 1.20 bits per heavy atom. The van der Waals surface area contributed by atoms with Gasteiger partial charge in [0.25, 0.3) is 0 Å². The van der Waals surface area contributed by atoms with Crippen LogP contribution in [0, 0.1) is 11.3 Å². The van der Waals surface area contributed by atoms with Crippen molar-refractivity contribution in [2.24, 2.45) is 0 Å². The Bertz CT molecular complexity index is 1090. The van der Waals surface area contributed by atoms with Gasteiger partial charge < -0.3 is 9.14 Å². The number of pyridine rings is 1. The highest BCUT2D eigenvalue weighted by atomic mass is 32.2. The van der Waals surface area contributed by atoms with E-state index in [0.717, 1.165) is 11.8 Å². The molecule has 3 rings (SSSR count). The molecule has 0 atom stereocenters. The van der Waals surface area contributed by atoms with E-state index in [2.05, 4.69) is 6.07 Å². The molecule has 0 aliphatic carbocycles. The first kappa shape index (κ1) is 16.7. The first-order valence-corrected chi connectivity index (χ1v) is 9.25. The standard InChI is InChI=1S/C18H14N2O4S/c1-25(22,23)15-7-5-13(6-8-15)18(21)24-12-14-11-20-9-3-2-4-17(20)16(14)10-19/h2-9,11H,12H2,1H3. The Morgan fingerprint density at radius 2 is 1.92 bits per heavy atom. The van der Waals surface area contributed by atoms with Crippen LogP contribution in [0.2, 0.25) is 0 Å². The Hall–Kier alpha value is -3.11. The van der Waals surface area contributed by atoms with Crippen molar-refractivity contribution in [2.75, 3.05) is 6.26 Å². The highest BCUT2D eigenvalue weighted by Crippen LogP contribution is 2.19. The summed E-state index contributed by atoms with van der Waals surface area (Å²) in [5, 5.41) is 9.33. The topological polar surface area (TPSA) is 88.6 Å². The van der Waals surface area contributed by atoms with Gasteiger partial charge in [-0.05, 0) is 36.4 Å². The lowest BCUT2D eigenvalue weighted by Gasteiger charge is -2.05. The van der Waals surface area contributed by atoms with Crippen LogP contribution >= 0.6 is 0 Å². The molecule has 7 heteroatoms. The lowest BCUT2D eigenvalue weighted by molar-refractivity contribution is 0.0472. The number of carbonyl (C=O) groups is 1. The third-order valence-electron chi connectivity index (χ3n) is 3.75. The number of hydrogen-bond acceptors (Lipinski definition) is 5. The van der Waals surface area contributed by atoms with E-state index in [-0.39, 0.29) is 17.1 Å². The Morgan fingerprint density at radius 3 is 2.56 bits per heavy atom. The van der Waals surface area contributed by atoms with Crippen LogP contribution in [0.25, 0.3) is 5.52 Å². The van der Waals surface area contributed by atoms with Crippen molar-refractivity contribution in [1.29, 1.82) is 5.26 Å². The summed E-state index contributed by atoms with van der Waals surface area (Å²) in [6.45, 7) is -0.0444. The van der Waals surface area contributed by atoms with Crippen molar-refractivity contribution < 1.29 is 17.9 Å². The van der Waals surface area contributed by atoms with Gasteiger partial charge in [0.1, 0.15) is 12.7 Å². The molecule has 1 aromatic carbocycles. The van der Waals surface area contributed by atoms with Crippen molar-refractivity contribution in [3.05, 3.63) is 71.5 Å². The monoisotopic (exact) mass is 354 g/mol. The number of benzene rings is 1. The first-order chi connectivity index (χ1) is 11.9. The van der Waals surface area contributed by atoms with Gasteiger partial charge in [-0.3, -0.25) is 0 Å². The van der Waals surface area contributed by atoms with Crippen LogP contribution in [-0.2, 0) is 21.2 Å². The van der Waals surface area contributed by atoms with Gasteiger partial charge in [-0.15, -0.1) is 0 Å². The minimum absolute atomic E-state index is 0.0444.